The number of nitrogens with one attached hydrogen (secondary N) is 1. The Bertz CT molecular complexity index is 153. The lowest BCUT2D eigenvalue weighted by atomic mass is 9.79. The van der Waals surface area contributed by atoms with Crippen LogP contribution in [0.4, 0.5) is 0 Å². The largest absolute Gasteiger partial charge is 0.313 e. The number of hydrogen-bond donors (Lipinski definition) is 1. The van der Waals surface area contributed by atoms with E-state index in [-0.39, 0.29) is 0 Å². The van der Waals surface area contributed by atoms with E-state index in [2.05, 4.69) is 19.2 Å². The van der Waals surface area contributed by atoms with Gasteiger partial charge < -0.3 is 5.32 Å². The molecule has 2 saturated carbocycles. The van der Waals surface area contributed by atoms with E-state index in [1.165, 1.54) is 38.6 Å². The SMILES string of the molecule is CC1CCCC(C)C1NCC1CC1. The lowest BCUT2D eigenvalue weighted by molar-refractivity contribution is 0.207. The second kappa shape index (κ2) is 4.00. The molecule has 1 nitrogen and oxygen atoms in total. The van der Waals surface area contributed by atoms with E-state index in [0.29, 0.717) is 0 Å². The average molecular weight is 181 g/mol. The van der Waals surface area contributed by atoms with E-state index in [1.54, 1.807) is 0 Å². The molecule has 1 N–H and O–H groups in total. The van der Waals surface area contributed by atoms with E-state index in [1.807, 2.05) is 0 Å². The molecule has 0 aliphatic heterocycles. The minimum absolute atomic E-state index is 0.814. The van der Waals surface area contributed by atoms with Crippen molar-refractivity contribution in [2.75, 3.05) is 6.54 Å². The van der Waals surface area contributed by atoms with Crippen LogP contribution in [0.5, 0.6) is 0 Å². The molecule has 2 atom stereocenters. The summed E-state index contributed by atoms with van der Waals surface area (Å²) in [6, 6.07) is 0.814. The summed E-state index contributed by atoms with van der Waals surface area (Å²) in [5, 5.41) is 3.78. The Balaban J connectivity index is 1.78. The molecule has 0 radical (unpaired) electrons. The van der Waals surface area contributed by atoms with Crippen LogP contribution >= 0.6 is 0 Å². The standard InChI is InChI=1S/C12H23N/c1-9-4-3-5-10(2)12(9)13-8-11-6-7-11/h9-13H,3-8H2,1-2H3. The van der Waals surface area contributed by atoms with Gasteiger partial charge >= 0.3 is 0 Å². The van der Waals surface area contributed by atoms with Gasteiger partial charge in [-0.05, 0) is 50.0 Å². The molecule has 13 heavy (non-hydrogen) atoms. The highest BCUT2D eigenvalue weighted by molar-refractivity contribution is 4.85. The summed E-state index contributed by atoms with van der Waals surface area (Å²) in [6.07, 6.45) is 7.27. The van der Waals surface area contributed by atoms with Crippen molar-refractivity contribution in [2.45, 2.75) is 52.0 Å². The molecule has 76 valence electrons. The third kappa shape index (κ3) is 2.46. The summed E-state index contributed by atoms with van der Waals surface area (Å²) in [4.78, 5) is 0. The van der Waals surface area contributed by atoms with Gasteiger partial charge in [0.15, 0.2) is 0 Å². The van der Waals surface area contributed by atoms with Crippen LogP contribution in [0.3, 0.4) is 0 Å². The van der Waals surface area contributed by atoms with Gasteiger partial charge in [0, 0.05) is 6.04 Å². The minimum atomic E-state index is 0.814. The Morgan fingerprint density at radius 3 is 2.15 bits per heavy atom. The van der Waals surface area contributed by atoms with Crippen molar-refractivity contribution in [1.82, 2.24) is 5.32 Å². The Kier molecular flexibility index (Phi) is 2.92. The molecule has 1 heteroatoms. The number of hydrogen-bond acceptors (Lipinski definition) is 1. The molecule has 0 spiro atoms. The summed E-state index contributed by atoms with van der Waals surface area (Å²) in [5.41, 5.74) is 0. The van der Waals surface area contributed by atoms with E-state index >= 15 is 0 Å². The minimum Gasteiger partial charge on any atom is -0.313 e. The zero-order valence-corrected chi connectivity index (χ0v) is 9.05. The van der Waals surface area contributed by atoms with Crippen LogP contribution in [0.25, 0.3) is 0 Å². The molecule has 0 aromatic heterocycles. The first-order chi connectivity index (χ1) is 6.27. The lowest BCUT2D eigenvalue weighted by Gasteiger charge is -2.35. The fourth-order valence-electron chi connectivity index (χ4n) is 2.71. The van der Waals surface area contributed by atoms with Gasteiger partial charge in [0.2, 0.25) is 0 Å². The zero-order chi connectivity index (χ0) is 9.26. The van der Waals surface area contributed by atoms with Crippen LogP contribution in [0.15, 0.2) is 0 Å². The third-order valence-corrected chi connectivity index (χ3v) is 3.88. The molecule has 2 aliphatic rings. The van der Waals surface area contributed by atoms with Crippen molar-refractivity contribution in [2.24, 2.45) is 17.8 Å². The highest BCUT2D eigenvalue weighted by Gasteiger charge is 2.29. The fraction of sp³-hybridized carbons (Fsp3) is 1.00. The quantitative estimate of drug-likeness (QED) is 0.706. The van der Waals surface area contributed by atoms with E-state index in [0.717, 1.165) is 23.8 Å². The first kappa shape index (κ1) is 9.51. The highest BCUT2D eigenvalue weighted by Crippen LogP contribution is 2.31. The van der Waals surface area contributed by atoms with Gasteiger partial charge in [0.05, 0.1) is 0 Å². The maximum Gasteiger partial charge on any atom is 0.0118 e. The molecular formula is C12H23N. The van der Waals surface area contributed by atoms with Crippen molar-refractivity contribution in [3.05, 3.63) is 0 Å². The van der Waals surface area contributed by atoms with Crippen molar-refractivity contribution < 1.29 is 0 Å². The molecule has 2 aliphatic carbocycles. The molecule has 2 fully saturated rings. The first-order valence-corrected chi connectivity index (χ1v) is 6.00. The van der Waals surface area contributed by atoms with Gasteiger partial charge in [0.1, 0.15) is 0 Å². The first-order valence-electron chi connectivity index (χ1n) is 6.00. The van der Waals surface area contributed by atoms with E-state index in [4.69, 9.17) is 0 Å². The summed E-state index contributed by atoms with van der Waals surface area (Å²) >= 11 is 0. The fourth-order valence-corrected chi connectivity index (χ4v) is 2.71. The lowest BCUT2D eigenvalue weighted by Crippen LogP contribution is -2.43. The van der Waals surface area contributed by atoms with E-state index < -0.39 is 0 Å². The maximum absolute atomic E-state index is 3.78. The van der Waals surface area contributed by atoms with Crippen LogP contribution < -0.4 is 5.32 Å². The summed E-state index contributed by atoms with van der Waals surface area (Å²) in [7, 11) is 0. The Hall–Kier alpha value is -0.0400. The van der Waals surface area contributed by atoms with Crippen molar-refractivity contribution >= 4 is 0 Å². The molecule has 0 amide bonds. The van der Waals surface area contributed by atoms with Crippen LogP contribution in [-0.4, -0.2) is 12.6 Å². The third-order valence-electron chi connectivity index (χ3n) is 3.88. The predicted octanol–water partition coefficient (Wildman–Crippen LogP) is 2.81. The van der Waals surface area contributed by atoms with Crippen LogP contribution in [0.1, 0.15) is 46.0 Å². The maximum atomic E-state index is 3.78. The molecular weight excluding hydrogens is 158 g/mol. The van der Waals surface area contributed by atoms with Gasteiger partial charge in [-0.25, -0.2) is 0 Å². The summed E-state index contributed by atoms with van der Waals surface area (Å²) in [5.74, 6) is 2.84. The second-order valence-electron chi connectivity index (χ2n) is 5.26. The average Bonchev–Trinajstić information content (AvgIpc) is 2.87. The molecule has 0 aromatic rings. The van der Waals surface area contributed by atoms with Gasteiger partial charge in [0.25, 0.3) is 0 Å². The smallest absolute Gasteiger partial charge is 0.0118 e. The summed E-state index contributed by atoms with van der Waals surface area (Å²) in [6.45, 7) is 6.12. The predicted molar refractivity (Wildman–Crippen MR) is 56.7 cm³/mol. The Morgan fingerprint density at radius 2 is 1.62 bits per heavy atom. The van der Waals surface area contributed by atoms with Crippen molar-refractivity contribution in [3.8, 4) is 0 Å². The molecule has 2 rings (SSSR count). The molecule has 2 unspecified atom stereocenters. The molecule has 0 heterocycles. The van der Waals surface area contributed by atoms with Crippen molar-refractivity contribution in [1.29, 1.82) is 0 Å². The van der Waals surface area contributed by atoms with E-state index in [9.17, 15) is 0 Å². The normalized spacial score (nSPS) is 40.6. The summed E-state index contributed by atoms with van der Waals surface area (Å²) < 4.78 is 0. The van der Waals surface area contributed by atoms with Gasteiger partial charge in [-0.3, -0.25) is 0 Å². The van der Waals surface area contributed by atoms with Gasteiger partial charge in [-0.15, -0.1) is 0 Å². The molecule has 0 bridgehead atoms. The zero-order valence-electron chi connectivity index (χ0n) is 9.05. The van der Waals surface area contributed by atoms with Gasteiger partial charge in [-0.1, -0.05) is 20.3 Å². The molecule has 0 saturated heterocycles. The molecule has 0 aromatic carbocycles. The van der Waals surface area contributed by atoms with Crippen LogP contribution in [0, 0.1) is 17.8 Å². The topological polar surface area (TPSA) is 12.0 Å². The monoisotopic (exact) mass is 181 g/mol. The van der Waals surface area contributed by atoms with Gasteiger partial charge in [-0.2, -0.15) is 0 Å². The van der Waals surface area contributed by atoms with Crippen LogP contribution in [0.2, 0.25) is 0 Å². The second-order valence-corrected chi connectivity index (χ2v) is 5.26. The Labute approximate surface area is 82.3 Å². The van der Waals surface area contributed by atoms with Crippen molar-refractivity contribution in [3.63, 3.8) is 0 Å². The Morgan fingerprint density at radius 1 is 1.00 bits per heavy atom. The highest BCUT2D eigenvalue weighted by atomic mass is 14.9. The van der Waals surface area contributed by atoms with Crippen LogP contribution in [-0.2, 0) is 0 Å². The number of rotatable bonds is 3.